The zero-order valence-electron chi connectivity index (χ0n) is 6.19. The van der Waals surface area contributed by atoms with Crippen LogP contribution in [-0.4, -0.2) is 18.0 Å². The van der Waals surface area contributed by atoms with Crippen molar-refractivity contribution in [1.82, 2.24) is 5.43 Å². The number of halogens is 3. The van der Waals surface area contributed by atoms with Crippen molar-refractivity contribution < 1.29 is 13.5 Å². The molecule has 3 N–H and O–H groups in total. The molecular formula is C6H9ClF2N2O. The second-order valence-electron chi connectivity index (χ2n) is 2.38. The van der Waals surface area contributed by atoms with E-state index in [4.69, 9.17) is 22.2 Å². The number of alkyl halides is 3. The summed E-state index contributed by atoms with van der Waals surface area (Å²) in [5.74, 6) is 5.01. The molecule has 1 aliphatic rings. The monoisotopic (exact) mass is 198 g/mol. The lowest BCUT2D eigenvalue weighted by Crippen LogP contribution is -2.46. The van der Waals surface area contributed by atoms with Crippen molar-refractivity contribution in [2.75, 3.05) is 6.61 Å². The summed E-state index contributed by atoms with van der Waals surface area (Å²) in [6.45, 7) is 0.403. The zero-order chi connectivity index (χ0) is 9.19. The van der Waals surface area contributed by atoms with E-state index in [9.17, 15) is 8.78 Å². The van der Waals surface area contributed by atoms with Crippen LogP contribution in [0.1, 0.15) is 6.42 Å². The lowest BCUT2D eigenvalue weighted by Gasteiger charge is -2.21. The van der Waals surface area contributed by atoms with Crippen LogP contribution < -0.4 is 11.3 Å². The molecule has 1 unspecified atom stereocenters. The fourth-order valence-electron chi connectivity index (χ4n) is 0.976. The van der Waals surface area contributed by atoms with Crippen molar-refractivity contribution >= 4 is 11.6 Å². The SMILES string of the molecule is NNC(C1=CCCO1)C(F)(F)Cl. The summed E-state index contributed by atoms with van der Waals surface area (Å²) in [5.41, 5.74) is 1.91. The molecule has 70 valence electrons. The van der Waals surface area contributed by atoms with E-state index in [1.165, 1.54) is 0 Å². The van der Waals surface area contributed by atoms with Crippen LogP contribution in [-0.2, 0) is 4.74 Å². The minimum absolute atomic E-state index is 0.109. The van der Waals surface area contributed by atoms with E-state index in [1.807, 2.05) is 5.43 Å². The van der Waals surface area contributed by atoms with Crippen molar-refractivity contribution in [3.63, 3.8) is 0 Å². The van der Waals surface area contributed by atoms with Gasteiger partial charge in [-0.25, -0.2) is 5.43 Å². The Hall–Kier alpha value is -0.390. The van der Waals surface area contributed by atoms with Crippen molar-refractivity contribution in [2.24, 2.45) is 5.84 Å². The van der Waals surface area contributed by atoms with Crippen LogP contribution >= 0.6 is 11.6 Å². The Bertz CT molecular complexity index is 192. The second-order valence-corrected chi connectivity index (χ2v) is 2.89. The van der Waals surface area contributed by atoms with E-state index in [-0.39, 0.29) is 5.76 Å². The number of hydrogen-bond donors (Lipinski definition) is 2. The molecule has 0 amide bonds. The Morgan fingerprint density at radius 3 is 2.75 bits per heavy atom. The van der Waals surface area contributed by atoms with Crippen molar-refractivity contribution in [3.8, 4) is 0 Å². The topological polar surface area (TPSA) is 47.3 Å². The van der Waals surface area contributed by atoms with Gasteiger partial charge in [0.05, 0.1) is 6.61 Å². The molecule has 0 saturated heterocycles. The summed E-state index contributed by atoms with van der Waals surface area (Å²) in [4.78, 5) is 0. The van der Waals surface area contributed by atoms with Crippen LogP contribution in [0.2, 0.25) is 0 Å². The molecule has 1 heterocycles. The molecule has 0 aliphatic carbocycles. The molecule has 0 aromatic heterocycles. The van der Waals surface area contributed by atoms with Crippen LogP contribution in [0.25, 0.3) is 0 Å². The summed E-state index contributed by atoms with van der Waals surface area (Å²) in [6.07, 6.45) is 2.15. The molecule has 0 aromatic rings. The van der Waals surface area contributed by atoms with Crippen LogP contribution in [0.3, 0.4) is 0 Å². The van der Waals surface area contributed by atoms with E-state index in [0.29, 0.717) is 13.0 Å². The Morgan fingerprint density at radius 1 is 1.75 bits per heavy atom. The maximum Gasteiger partial charge on any atom is 0.345 e. The van der Waals surface area contributed by atoms with E-state index in [2.05, 4.69) is 0 Å². The van der Waals surface area contributed by atoms with Gasteiger partial charge < -0.3 is 4.74 Å². The standard InChI is InChI=1S/C6H9ClF2N2O/c7-6(8,9)5(11-10)4-2-1-3-12-4/h2,5,11H,1,3,10H2. The van der Waals surface area contributed by atoms with Gasteiger partial charge in [0.1, 0.15) is 5.76 Å². The third-order valence-corrected chi connectivity index (χ3v) is 1.73. The fourth-order valence-corrected chi connectivity index (χ4v) is 1.15. The Morgan fingerprint density at radius 2 is 2.42 bits per heavy atom. The lowest BCUT2D eigenvalue weighted by molar-refractivity contribution is 0.0401. The number of rotatable bonds is 3. The molecule has 0 aromatic carbocycles. The molecule has 0 fully saturated rings. The summed E-state index contributed by atoms with van der Waals surface area (Å²) >= 11 is 4.78. The summed E-state index contributed by atoms with van der Waals surface area (Å²) < 4.78 is 30.0. The van der Waals surface area contributed by atoms with E-state index < -0.39 is 11.4 Å². The molecule has 0 saturated carbocycles. The number of ether oxygens (including phenoxy) is 1. The molecule has 1 rings (SSSR count). The Balaban J connectivity index is 2.68. The first kappa shape index (κ1) is 9.70. The molecule has 0 radical (unpaired) electrons. The molecule has 12 heavy (non-hydrogen) atoms. The van der Waals surface area contributed by atoms with Gasteiger partial charge in [0.15, 0.2) is 6.04 Å². The first-order valence-corrected chi connectivity index (χ1v) is 3.79. The van der Waals surface area contributed by atoms with Gasteiger partial charge in [0.25, 0.3) is 0 Å². The molecule has 0 bridgehead atoms. The van der Waals surface area contributed by atoms with Crippen molar-refractivity contribution in [3.05, 3.63) is 11.8 Å². The predicted octanol–water partition coefficient (Wildman–Crippen LogP) is 0.954. The fraction of sp³-hybridized carbons (Fsp3) is 0.667. The average molecular weight is 199 g/mol. The third kappa shape index (κ3) is 2.06. The quantitative estimate of drug-likeness (QED) is 0.403. The molecule has 1 aliphatic heterocycles. The van der Waals surface area contributed by atoms with Crippen LogP contribution in [0, 0.1) is 0 Å². The van der Waals surface area contributed by atoms with E-state index >= 15 is 0 Å². The van der Waals surface area contributed by atoms with E-state index in [0.717, 1.165) is 0 Å². The Labute approximate surface area is 73.5 Å². The number of hydrogen-bond acceptors (Lipinski definition) is 3. The van der Waals surface area contributed by atoms with Gasteiger partial charge in [-0.3, -0.25) is 5.84 Å². The molecule has 1 atom stereocenters. The highest BCUT2D eigenvalue weighted by molar-refractivity contribution is 6.22. The van der Waals surface area contributed by atoms with Gasteiger partial charge in [0, 0.05) is 6.42 Å². The molecule has 6 heteroatoms. The zero-order valence-corrected chi connectivity index (χ0v) is 6.94. The van der Waals surface area contributed by atoms with Crippen LogP contribution in [0.5, 0.6) is 0 Å². The second kappa shape index (κ2) is 3.55. The van der Waals surface area contributed by atoms with Gasteiger partial charge in [0.2, 0.25) is 0 Å². The first-order valence-electron chi connectivity index (χ1n) is 3.41. The largest absolute Gasteiger partial charge is 0.496 e. The number of nitrogens with two attached hydrogens (primary N) is 1. The number of nitrogens with one attached hydrogen (secondary N) is 1. The van der Waals surface area contributed by atoms with Crippen molar-refractivity contribution in [1.29, 1.82) is 0 Å². The number of hydrazine groups is 1. The normalized spacial score (nSPS) is 20.2. The molecule has 0 spiro atoms. The summed E-state index contributed by atoms with van der Waals surface area (Å²) in [7, 11) is 0. The van der Waals surface area contributed by atoms with E-state index in [1.54, 1.807) is 6.08 Å². The minimum Gasteiger partial charge on any atom is -0.496 e. The van der Waals surface area contributed by atoms with Gasteiger partial charge in [-0.05, 0) is 17.7 Å². The Kier molecular flexibility index (Phi) is 2.87. The highest BCUT2D eigenvalue weighted by Gasteiger charge is 2.41. The van der Waals surface area contributed by atoms with Gasteiger partial charge in [-0.2, -0.15) is 8.78 Å². The lowest BCUT2D eigenvalue weighted by atomic mass is 10.2. The van der Waals surface area contributed by atoms with Crippen molar-refractivity contribution in [2.45, 2.75) is 17.8 Å². The maximum absolute atomic E-state index is 12.5. The van der Waals surface area contributed by atoms with Crippen LogP contribution in [0.4, 0.5) is 8.78 Å². The smallest absolute Gasteiger partial charge is 0.345 e. The molecular weight excluding hydrogens is 190 g/mol. The molecule has 3 nitrogen and oxygen atoms in total. The maximum atomic E-state index is 12.5. The van der Waals surface area contributed by atoms with Gasteiger partial charge in [-0.15, -0.1) is 0 Å². The summed E-state index contributed by atoms with van der Waals surface area (Å²) in [6, 6.07) is -1.44. The van der Waals surface area contributed by atoms with Crippen LogP contribution in [0.15, 0.2) is 11.8 Å². The first-order chi connectivity index (χ1) is 5.55. The summed E-state index contributed by atoms with van der Waals surface area (Å²) in [5, 5.41) is -3.43. The van der Waals surface area contributed by atoms with Gasteiger partial charge >= 0.3 is 5.38 Å². The van der Waals surface area contributed by atoms with Gasteiger partial charge in [-0.1, -0.05) is 0 Å². The third-order valence-electron chi connectivity index (χ3n) is 1.51. The average Bonchev–Trinajstić information content (AvgIpc) is 2.38. The highest BCUT2D eigenvalue weighted by Crippen LogP contribution is 2.30. The minimum atomic E-state index is -3.43. The predicted molar refractivity (Wildman–Crippen MR) is 40.6 cm³/mol. The highest BCUT2D eigenvalue weighted by atomic mass is 35.5.